The molecule has 1 heterocycles. The van der Waals surface area contributed by atoms with Crippen LogP contribution in [0.25, 0.3) is 0 Å². The first kappa shape index (κ1) is 18.0. The Hall–Kier alpha value is -2.35. The monoisotopic (exact) mass is 347 g/mol. The highest BCUT2D eigenvalue weighted by Gasteiger charge is 2.12. The van der Waals surface area contributed by atoms with Crippen molar-refractivity contribution < 1.29 is 9.59 Å². The van der Waals surface area contributed by atoms with Crippen LogP contribution in [0.2, 0.25) is 0 Å². The summed E-state index contributed by atoms with van der Waals surface area (Å²) in [6, 6.07) is 5.30. The number of hydrogen-bond donors (Lipinski definition) is 3. The number of anilines is 1. The van der Waals surface area contributed by atoms with Gasteiger partial charge in [0.05, 0.1) is 5.75 Å². The molecule has 8 heteroatoms. The Morgan fingerprint density at radius 1 is 1.29 bits per heavy atom. The summed E-state index contributed by atoms with van der Waals surface area (Å²) in [5.74, 6) is 0.660. The van der Waals surface area contributed by atoms with E-state index in [1.54, 1.807) is 25.1 Å². The number of carbonyl (C=O) groups is 2. The number of aromatic nitrogens is 3. The third-order valence-electron chi connectivity index (χ3n) is 3.08. The third-order valence-corrected chi connectivity index (χ3v) is 3.93. The van der Waals surface area contributed by atoms with E-state index in [4.69, 9.17) is 0 Å². The van der Waals surface area contributed by atoms with Crippen molar-refractivity contribution in [3.05, 3.63) is 35.2 Å². The van der Waals surface area contributed by atoms with Crippen molar-refractivity contribution in [2.24, 2.45) is 0 Å². The zero-order chi connectivity index (χ0) is 17.7. The van der Waals surface area contributed by atoms with Gasteiger partial charge in [-0.15, -0.1) is 5.10 Å². The molecule has 0 atom stereocenters. The Kier molecular flexibility index (Phi) is 5.97. The second-order valence-corrected chi connectivity index (χ2v) is 6.64. The molecule has 0 aliphatic carbocycles. The van der Waals surface area contributed by atoms with Gasteiger partial charge in [-0.05, 0) is 51.5 Å². The molecule has 2 aromatic rings. The number of benzene rings is 1. The maximum Gasteiger partial charge on any atom is 0.251 e. The Balaban J connectivity index is 1.93. The maximum atomic E-state index is 12.1. The Bertz CT molecular complexity index is 742. The zero-order valence-electron chi connectivity index (χ0n) is 14.1. The van der Waals surface area contributed by atoms with E-state index in [2.05, 4.69) is 25.8 Å². The Morgan fingerprint density at radius 3 is 2.62 bits per heavy atom. The van der Waals surface area contributed by atoms with Crippen molar-refractivity contribution in [1.82, 2.24) is 20.5 Å². The molecule has 0 aliphatic rings. The number of amides is 2. The average molecular weight is 347 g/mol. The summed E-state index contributed by atoms with van der Waals surface area (Å²) >= 11 is 1.26. The smallest absolute Gasteiger partial charge is 0.251 e. The van der Waals surface area contributed by atoms with Gasteiger partial charge in [-0.2, -0.15) is 0 Å². The molecular formula is C16H21N5O2S. The van der Waals surface area contributed by atoms with Crippen molar-refractivity contribution in [2.45, 2.75) is 38.9 Å². The van der Waals surface area contributed by atoms with Gasteiger partial charge < -0.3 is 10.6 Å². The molecule has 0 unspecified atom stereocenters. The minimum Gasteiger partial charge on any atom is -0.350 e. The van der Waals surface area contributed by atoms with Crippen molar-refractivity contribution in [1.29, 1.82) is 0 Å². The quantitative estimate of drug-likeness (QED) is 0.696. The van der Waals surface area contributed by atoms with Crippen LogP contribution in [0.4, 0.5) is 5.69 Å². The molecule has 0 spiro atoms. The summed E-state index contributed by atoms with van der Waals surface area (Å²) in [4.78, 5) is 28.2. The van der Waals surface area contributed by atoms with E-state index in [9.17, 15) is 9.59 Å². The standard InChI is InChI=1S/C16H21N5O2S/c1-9(2)17-15(23)13-6-5-12(7-10(13)3)19-14(22)8-24-16-18-11(4)20-21-16/h5-7,9H,8H2,1-4H3,(H,17,23)(H,19,22)(H,18,20,21). The highest BCUT2D eigenvalue weighted by Crippen LogP contribution is 2.17. The number of nitrogens with one attached hydrogen (secondary N) is 3. The molecule has 3 N–H and O–H groups in total. The highest BCUT2D eigenvalue weighted by molar-refractivity contribution is 7.99. The molecule has 0 aliphatic heterocycles. The molecule has 0 saturated heterocycles. The zero-order valence-corrected chi connectivity index (χ0v) is 15.0. The molecular weight excluding hydrogens is 326 g/mol. The Morgan fingerprint density at radius 2 is 2.04 bits per heavy atom. The first-order chi connectivity index (χ1) is 11.3. The summed E-state index contributed by atoms with van der Waals surface area (Å²) in [6.07, 6.45) is 0. The normalized spacial score (nSPS) is 10.7. The van der Waals surface area contributed by atoms with E-state index < -0.39 is 0 Å². The van der Waals surface area contributed by atoms with Crippen LogP contribution in [-0.2, 0) is 4.79 Å². The van der Waals surface area contributed by atoms with E-state index in [1.807, 2.05) is 20.8 Å². The topological polar surface area (TPSA) is 99.8 Å². The van der Waals surface area contributed by atoms with Gasteiger partial charge in [-0.3, -0.25) is 14.7 Å². The van der Waals surface area contributed by atoms with Gasteiger partial charge in [0.2, 0.25) is 11.1 Å². The number of hydrogen-bond acceptors (Lipinski definition) is 5. The van der Waals surface area contributed by atoms with Gasteiger partial charge in [-0.25, -0.2) is 4.98 Å². The SMILES string of the molecule is Cc1nc(SCC(=O)Nc2ccc(C(=O)NC(C)C)c(C)c2)n[nH]1. The predicted octanol–water partition coefficient (Wildman–Crippen LogP) is 2.29. The van der Waals surface area contributed by atoms with Crippen LogP contribution in [0.1, 0.15) is 35.6 Å². The van der Waals surface area contributed by atoms with Gasteiger partial charge in [0.25, 0.3) is 5.91 Å². The van der Waals surface area contributed by atoms with Gasteiger partial charge in [0.15, 0.2) is 0 Å². The van der Waals surface area contributed by atoms with Crippen molar-refractivity contribution in [3.8, 4) is 0 Å². The fourth-order valence-corrected chi connectivity index (χ4v) is 2.69. The number of carbonyl (C=O) groups excluding carboxylic acids is 2. The van der Waals surface area contributed by atoms with Crippen LogP contribution in [-0.4, -0.2) is 38.8 Å². The largest absolute Gasteiger partial charge is 0.350 e. The summed E-state index contributed by atoms with van der Waals surface area (Å²) in [5, 5.41) is 12.9. The molecule has 2 rings (SSSR count). The maximum absolute atomic E-state index is 12.1. The summed E-state index contributed by atoms with van der Waals surface area (Å²) in [5.41, 5.74) is 2.07. The lowest BCUT2D eigenvalue weighted by Gasteiger charge is -2.12. The number of aromatic amines is 1. The number of aryl methyl sites for hydroxylation is 2. The van der Waals surface area contributed by atoms with Gasteiger partial charge in [0.1, 0.15) is 5.82 Å². The lowest BCUT2D eigenvalue weighted by atomic mass is 10.1. The summed E-state index contributed by atoms with van der Waals surface area (Å²) in [7, 11) is 0. The fourth-order valence-electron chi connectivity index (χ4n) is 2.05. The Labute approximate surface area is 145 Å². The number of thioether (sulfide) groups is 1. The molecule has 0 fully saturated rings. The summed E-state index contributed by atoms with van der Waals surface area (Å²) < 4.78 is 0. The molecule has 0 radical (unpaired) electrons. The number of rotatable bonds is 6. The number of nitrogens with zero attached hydrogens (tertiary/aromatic N) is 2. The van der Waals surface area contributed by atoms with Crippen LogP contribution >= 0.6 is 11.8 Å². The van der Waals surface area contributed by atoms with Crippen LogP contribution in [0, 0.1) is 13.8 Å². The van der Waals surface area contributed by atoms with E-state index in [0.717, 1.165) is 5.56 Å². The van der Waals surface area contributed by atoms with E-state index in [-0.39, 0.29) is 23.6 Å². The second-order valence-electron chi connectivity index (χ2n) is 5.70. The average Bonchev–Trinajstić information content (AvgIpc) is 2.90. The molecule has 1 aromatic carbocycles. The minimum absolute atomic E-state index is 0.0765. The van der Waals surface area contributed by atoms with Crippen LogP contribution in [0.15, 0.2) is 23.4 Å². The van der Waals surface area contributed by atoms with Crippen LogP contribution in [0.3, 0.4) is 0 Å². The highest BCUT2D eigenvalue weighted by atomic mass is 32.2. The predicted molar refractivity (Wildman–Crippen MR) is 94.3 cm³/mol. The molecule has 0 saturated carbocycles. The van der Waals surface area contributed by atoms with Crippen molar-refractivity contribution in [2.75, 3.05) is 11.1 Å². The van der Waals surface area contributed by atoms with Crippen LogP contribution < -0.4 is 10.6 Å². The number of H-pyrrole nitrogens is 1. The first-order valence-electron chi connectivity index (χ1n) is 7.58. The minimum atomic E-state index is -0.152. The van der Waals surface area contributed by atoms with Crippen molar-refractivity contribution in [3.63, 3.8) is 0 Å². The lowest BCUT2D eigenvalue weighted by Crippen LogP contribution is -2.30. The molecule has 128 valence electrons. The van der Waals surface area contributed by atoms with E-state index in [0.29, 0.717) is 22.2 Å². The second kappa shape index (κ2) is 7.96. The van der Waals surface area contributed by atoms with Gasteiger partial charge in [0, 0.05) is 17.3 Å². The van der Waals surface area contributed by atoms with E-state index >= 15 is 0 Å². The fraction of sp³-hybridized carbons (Fsp3) is 0.375. The molecule has 1 aromatic heterocycles. The molecule has 0 bridgehead atoms. The molecule has 24 heavy (non-hydrogen) atoms. The van der Waals surface area contributed by atoms with Gasteiger partial charge >= 0.3 is 0 Å². The van der Waals surface area contributed by atoms with Crippen molar-refractivity contribution >= 4 is 29.3 Å². The first-order valence-corrected chi connectivity index (χ1v) is 8.57. The van der Waals surface area contributed by atoms with E-state index in [1.165, 1.54) is 11.8 Å². The molecule has 2 amide bonds. The van der Waals surface area contributed by atoms with Crippen LogP contribution in [0.5, 0.6) is 0 Å². The van der Waals surface area contributed by atoms with Gasteiger partial charge in [-0.1, -0.05) is 11.8 Å². The third kappa shape index (κ3) is 5.09. The molecule has 7 nitrogen and oxygen atoms in total. The lowest BCUT2D eigenvalue weighted by molar-refractivity contribution is -0.113. The summed E-state index contributed by atoms with van der Waals surface area (Å²) in [6.45, 7) is 7.47.